The van der Waals surface area contributed by atoms with E-state index in [0.29, 0.717) is 6.42 Å². The van der Waals surface area contributed by atoms with Gasteiger partial charge in [-0.3, -0.25) is 4.79 Å². The zero-order chi connectivity index (χ0) is 18.0. The number of fused-ring (bicyclic) bond motifs is 1. The number of hydrogen-bond donors (Lipinski definition) is 1. The van der Waals surface area contributed by atoms with Gasteiger partial charge in [-0.2, -0.15) is 0 Å². The van der Waals surface area contributed by atoms with Crippen LogP contribution in [0.1, 0.15) is 37.4 Å². The van der Waals surface area contributed by atoms with Crippen molar-refractivity contribution in [2.24, 2.45) is 0 Å². The van der Waals surface area contributed by atoms with Crippen molar-refractivity contribution in [3.05, 3.63) is 59.4 Å². The number of methoxy groups -OCH3 is 1. The molecule has 0 aliphatic carbocycles. The standard InChI is InChI=1S/C20H22FNO3/c1-20(2)12-17(16-11-15(24-3)8-9-18(16)25-20)22-19(23)10-13-4-6-14(21)7-5-13/h4-9,11,17H,10,12H2,1-3H3,(H,22,23). The lowest BCUT2D eigenvalue weighted by molar-refractivity contribution is -0.121. The molecule has 132 valence electrons. The molecule has 0 bridgehead atoms. The summed E-state index contributed by atoms with van der Waals surface area (Å²) in [5.41, 5.74) is 1.30. The van der Waals surface area contributed by atoms with Crippen LogP contribution in [0.5, 0.6) is 11.5 Å². The van der Waals surface area contributed by atoms with Crippen LogP contribution in [-0.4, -0.2) is 18.6 Å². The number of halogens is 1. The van der Waals surface area contributed by atoms with E-state index in [0.717, 1.165) is 22.6 Å². The first-order valence-electron chi connectivity index (χ1n) is 8.27. The molecule has 25 heavy (non-hydrogen) atoms. The first kappa shape index (κ1) is 17.3. The highest BCUT2D eigenvalue weighted by Crippen LogP contribution is 2.41. The number of amides is 1. The maximum absolute atomic E-state index is 13.0. The molecule has 4 nitrogen and oxygen atoms in total. The summed E-state index contributed by atoms with van der Waals surface area (Å²) >= 11 is 0. The van der Waals surface area contributed by atoms with Crippen LogP contribution in [0.15, 0.2) is 42.5 Å². The lowest BCUT2D eigenvalue weighted by atomic mass is 9.89. The number of nitrogens with one attached hydrogen (secondary N) is 1. The molecule has 1 unspecified atom stereocenters. The molecule has 5 heteroatoms. The Hall–Kier alpha value is -2.56. The molecule has 1 atom stereocenters. The number of benzene rings is 2. The minimum Gasteiger partial charge on any atom is -0.497 e. The molecule has 1 N–H and O–H groups in total. The van der Waals surface area contributed by atoms with Gasteiger partial charge < -0.3 is 14.8 Å². The van der Waals surface area contributed by atoms with Gasteiger partial charge in [-0.25, -0.2) is 4.39 Å². The van der Waals surface area contributed by atoms with Crippen LogP contribution in [0.2, 0.25) is 0 Å². The smallest absolute Gasteiger partial charge is 0.224 e. The Morgan fingerprint density at radius 1 is 1.28 bits per heavy atom. The summed E-state index contributed by atoms with van der Waals surface area (Å²) in [4.78, 5) is 12.5. The van der Waals surface area contributed by atoms with Crippen LogP contribution in [0.3, 0.4) is 0 Å². The van der Waals surface area contributed by atoms with Gasteiger partial charge in [0.05, 0.1) is 19.6 Å². The monoisotopic (exact) mass is 343 g/mol. The molecule has 0 spiro atoms. The highest BCUT2D eigenvalue weighted by Gasteiger charge is 2.34. The Labute approximate surface area is 147 Å². The van der Waals surface area contributed by atoms with E-state index in [4.69, 9.17) is 9.47 Å². The average molecular weight is 343 g/mol. The van der Waals surface area contributed by atoms with Crippen molar-refractivity contribution < 1.29 is 18.7 Å². The second-order valence-corrected chi connectivity index (χ2v) is 6.89. The number of carbonyl (C=O) groups is 1. The molecule has 2 aromatic rings. The molecule has 1 amide bonds. The average Bonchev–Trinajstić information content (AvgIpc) is 2.55. The fourth-order valence-electron chi connectivity index (χ4n) is 3.12. The summed E-state index contributed by atoms with van der Waals surface area (Å²) in [6.45, 7) is 4.00. The van der Waals surface area contributed by atoms with Gasteiger partial charge in [0.2, 0.25) is 5.91 Å². The third kappa shape index (κ3) is 4.10. The highest BCUT2D eigenvalue weighted by molar-refractivity contribution is 5.79. The number of carbonyl (C=O) groups excluding carboxylic acids is 1. The van der Waals surface area contributed by atoms with Crippen molar-refractivity contribution in [3.8, 4) is 11.5 Å². The lowest BCUT2D eigenvalue weighted by Gasteiger charge is -2.38. The molecule has 1 aliphatic rings. The largest absolute Gasteiger partial charge is 0.497 e. The third-order valence-corrected chi connectivity index (χ3v) is 4.29. The van der Waals surface area contributed by atoms with E-state index in [1.54, 1.807) is 19.2 Å². The Kier molecular flexibility index (Phi) is 4.66. The highest BCUT2D eigenvalue weighted by atomic mass is 19.1. The van der Waals surface area contributed by atoms with Crippen LogP contribution in [0.25, 0.3) is 0 Å². The fraction of sp³-hybridized carbons (Fsp3) is 0.350. The number of hydrogen-bond acceptors (Lipinski definition) is 3. The fourth-order valence-corrected chi connectivity index (χ4v) is 3.12. The normalized spacial score (nSPS) is 18.0. The van der Waals surface area contributed by atoms with Gasteiger partial charge >= 0.3 is 0 Å². The molecule has 1 aliphatic heterocycles. The molecular weight excluding hydrogens is 321 g/mol. The lowest BCUT2D eigenvalue weighted by Crippen LogP contribution is -2.41. The zero-order valence-electron chi connectivity index (χ0n) is 14.6. The van der Waals surface area contributed by atoms with Gasteiger partial charge in [0.25, 0.3) is 0 Å². The first-order chi connectivity index (χ1) is 11.9. The Morgan fingerprint density at radius 2 is 2.00 bits per heavy atom. The molecule has 0 aromatic heterocycles. The van der Waals surface area contributed by atoms with Crippen LogP contribution in [0, 0.1) is 5.82 Å². The molecule has 0 radical (unpaired) electrons. The van der Waals surface area contributed by atoms with Gasteiger partial charge in [0.15, 0.2) is 0 Å². The van der Waals surface area contributed by atoms with E-state index < -0.39 is 0 Å². The summed E-state index contributed by atoms with van der Waals surface area (Å²) in [7, 11) is 1.61. The number of rotatable bonds is 4. The SMILES string of the molecule is COc1ccc2c(c1)C(NC(=O)Cc1ccc(F)cc1)CC(C)(C)O2. The second-order valence-electron chi connectivity index (χ2n) is 6.89. The van der Waals surface area contributed by atoms with Crippen molar-refractivity contribution in [1.29, 1.82) is 0 Å². The van der Waals surface area contributed by atoms with E-state index in [1.165, 1.54) is 12.1 Å². The van der Waals surface area contributed by atoms with E-state index in [-0.39, 0.29) is 29.8 Å². The zero-order valence-corrected chi connectivity index (χ0v) is 14.6. The third-order valence-electron chi connectivity index (χ3n) is 4.29. The van der Waals surface area contributed by atoms with Crippen molar-refractivity contribution >= 4 is 5.91 Å². The van der Waals surface area contributed by atoms with Crippen LogP contribution in [0.4, 0.5) is 4.39 Å². The Bertz CT molecular complexity index is 771. The van der Waals surface area contributed by atoms with Gasteiger partial charge in [0.1, 0.15) is 22.9 Å². The van der Waals surface area contributed by atoms with Crippen molar-refractivity contribution in [1.82, 2.24) is 5.32 Å². The summed E-state index contributed by atoms with van der Waals surface area (Å²) in [5.74, 6) is 1.06. The molecular formula is C20H22FNO3. The van der Waals surface area contributed by atoms with Gasteiger partial charge in [0, 0.05) is 12.0 Å². The molecule has 3 rings (SSSR count). The molecule has 0 saturated carbocycles. The Balaban J connectivity index is 1.79. The second kappa shape index (κ2) is 6.75. The van der Waals surface area contributed by atoms with Crippen LogP contribution >= 0.6 is 0 Å². The molecule has 2 aromatic carbocycles. The van der Waals surface area contributed by atoms with E-state index in [1.807, 2.05) is 32.0 Å². The minimum absolute atomic E-state index is 0.108. The quantitative estimate of drug-likeness (QED) is 0.919. The van der Waals surface area contributed by atoms with E-state index in [9.17, 15) is 9.18 Å². The maximum atomic E-state index is 13.0. The van der Waals surface area contributed by atoms with E-state index >= 15 is 0 Å². The molecule has 1 heterocycles. The minimum atomic E-state index is -0.380. The molecule has 0 saturated heterocycles. The number of ether oxygens (including phenoxy) is 2. The van der Waals surface area contributed by atoms with Crippen LogP contribution in [-0.2, 0) is 11.2 Å². The topological polar surface area (TPSA) is 47.6 Å². The molecule has 0 fully saturated rings. The van der Waals surface area contributed by atoms with E-state index in [2.05, 4.69) is 5.32 Å². The Morgan fingerprint density at radius 3 is 2.68 bits per heavy atom. The summed E-state index contributed by atoms with van der Waals surface area (Å²) in [6.07, 6.45) is 0.861. The summed E-state index contributed by atoms with van der Waals surface area (Å²) < 4.78 is 24.3. The van der Waals surface area contributed by atoms with Gasteiger partial charge in [-0.15, -0.1) is 0 Å². The van der Waals surface area contributed by atoms with Crippen molar-refractivity contribution in [3.63, 3.8) is 0 Å². The summed E-state index contributed by atoms with van der Waals surface area (Å²) in [6, 6.07) is 11.4. The van der Waals surface area contributed by atoms with Crippen molar-refractivity contribution in [2.75, 3.05) is 7.11 Å². The van der Waals surface area contributed by atoms with Crippen molar-refractivity contribution in [2.45, 2.75) is 38.3 Å². The van der Waals surface area contributed by atoms with Gasteiger partial charge in [-0.05, 0) is 49.7 Å². The van der Waals surface area contributed by atoms with Crippen LogP contribution < -0.4 is 14.8 Å². The predicted molar refractivity (Wildman–Crippen MR) is 93.3 cm³/mol. The first-order valence-corrected chi connectivity index (χ1v) is 8.27. The maximum Gasteiger partial charge on any atom is 0.224 e. The predicted octanol–water partition coefficient (Wildman–Crippen LogP) is 3.80. The summed E-state index contributed by atoms with van der Waals surface area (Å²) in [5, 5.41) is 3.08. The van der Waals surface area contributed by atoms with Gasteiger partial charge in [-0.1, -0.05) is 12.1 Å².